The van der Waals surface area contributed by atoms with E-state index in [1.54, 1.807) is 12.6 Å². The maximum atomic E-state index is 12.5. The molecule has 2 aromatic heterocycles. The van der Waals surface area contributed by atoms with Crippen LogP contribution in [0.25, 0.3) is 22.6 Å². The molecule has 0 aliphatic heterocycles. The number of anilines is 1. The largest absolute Gasteiger partial charge is 0.497 e. The molecule has 4 aromatic rings. The van der Waals surface area contributed by atoms with Crippen LogP contribution in [-0.2, 0) is 4.79 Å². The third-order valence-electron chi connectivity index (χ3n) is 4.59. The van der Waals surface area contributed by atoms with Crippen LogP contribution in [0.3, 0.4) is 0 Å². The number of H-pyrrole nitrogens is 1. The number of imidazole rings is 1. The van der Waals surface area contributed by atoms with Crippen LogP contribution in [0.5, 0.6) is 5.75 Å². The number of carbonyl (C=O) groups excluding carboxylic acids is 1. The Morgan fingerprint density at radius 1 is 1.29 bits per heavy atom. The summed E-state index contributed by atoms with van der Waals surface area (Å²) in [5.41, 5.74) is 6.11. The molecule has 0 spiro atoms. The minimum atomic E-state index is -0.0334. The topological polar surface area (TPSA) is 79.9 Å². The van der Waals surface area contributed by atoms with Crippen molar-refractivity contribution in [3.63, 3.8) is 0 Å². The molecule has 0 radical (unpaired) electrons. The van der Waals surface area contributed by atoms with E-state index in [9.17, 15) is 4.79 Å². The number of aromatic amines is 1. The number of benzene rings is 2. The first-order valence-corrected chi connectivity index (χ1v) is 9.89. The van der Waals surface area contributed by atoms with Crippen LogP contribution in [0.4, 0.5) is 5.69 Å². The van der Waals surface area contributed by atoms with Crippen LogP contribution < -0.4 is 10.1 Å². The van der Waals surface area contributed by atoms with Gasteiger partial charge in [-0.15, -0.1) is 11.3 Å². The van der Waals surface area contributed by atoms with Crippen LogP contribution in [-0.4, -0.2) is 28.0 Å². The van der Waals surface area contributed by atoms with E-state index in [1.807, 2.05) is 54.8 Å². The summed E-state index contributed by atoms with van der Waals surface area (Å²) in [5.74, 6) is 1.58. The first kappa shape index (κ1) is 18.2. The van der Waals surface area contributed by atoms with Crippen molar-refractivity contribution in [1.82, 2.24) is 15.0 Å². The minimum Gasteiger partial charge on any atom is -0.497 e. The van der Waals surface area contributed by atoms with Gasteiger partial charge in [0.1, 0.15) is 11.4 Å². The van der Waals surface area contributed by atoms with Gasteiger partial charge >= 0.3 is 0 Å². The second kappa shape index (κ2) is 7.82. The molecule has 4 rings (SSSR count). The summed E-state index contributed by atoms with van der Waals surface area (Å²) in [6.45, 7) is 2.03. The number of amides is 1. The number of aromatic nitrogens is 3. The van der Waals surface area contributed by atoms with E-state index >= 15 is 0 Å². The third kappa shape index (κ3) is 3.89. The van der Waals surface area contributed by atoms with Gasteiger partial charge in [-0.05, 0) is 41.8 Å². The molecule has 6 nitrogen and oxygen atoms in total. The van der Waals surface area contributed by atoms with E-state index in [-0.39, 0.29) is 11.8 Å². The average Bonchev–Trinajstić information content (AvgIpc) is 3.37. The van der Waals surface area contributed by atoms with Gasteiger partial charge in [0.05, 0.1) is 23.7 Å². The van der Waals surface area contributed by atoms with Crippen molar-refractivity contribution in [2.45, 2.75) is 19.3 Å². The summed E-state index contributed by atoms with van der Waals surface area (Å²) >= 11 is 1.53. The Morgan fingerprint density at radius 2 is 2.18 bits per heavy atom. The van der Waals surface area contributed by atoms with Gasteiger partial charge in [0.15, 0.2) is 5.82 Å². The highest BCUT2D eigenvalue weighted by molar-refractivity contribution is 7.07. The second-order valence-corrected chi connectivity index (χ2v) is 7.34. The second-order valence-electron chi connectivity index (χ2n) is 6.62. The summed E-state index contributed by atoms with van der Waals surface area (Å²) in [4.78, 5) is 24.6. The van der Waals surface area contributed by atoms with Crippen LogP contribution >= 0.6 is 11.3 Å². The van der Waals surface area contributed by atoms with E-state index in [0.717, 1.165) is 39.6 Å². The number of hydrogen-bond acceptors (Lipinski definition) is 5. The highest BCUT2D eigenvalue weighted by atomic mass is 32.1. The minimum absolute atomic E-state index is 0.0334. The third-order valence-corrected chi connectivity index (χ3v) is 5.18. The zero-order valence-electron chi connectivity index (χ0n) is 15.6. The Kier molecular flexibility index (Phi) is 5.08. The highest BCUT2D eigenvalue weighted by Crippen LogP contribution is 2.25. The molecule has 2 aromatic carbocycles. The molecule has 0 saturated carbocycles. The normalized spacial score (nSPS) is 12.1. The zero-order valence-corrected chi connectivity index (χ0v) is 16.4. The fourth-order valence-corrected chi connectivity index (χ4v) is 3.63. The summed E-state index contributed by atoms with van der Waals surface area (Å²) in [7, 11) is 1.64. The molecule has 0 aliphatic carbocycles. The fourth-order valence-electron chi connectivity index (χ4n) is 3.09. The lowest BCUT2D eigenvalue weighted by Crippen LogP contribution is -2.14. The summed E-state index contributed by atoms with van der Waals surface area (Å²) < 4.78 is 5.26. The van der Waals surface area contributed by atoms with Gasteiger partial charge in [-0.25, -0.2) is 9.97 Å². The van der Waals surface area contributed by atoms with Gasteiger partial charge in [0.25, 0.3) is 0 Å². The molecule has 0 saturated heterocycles. The van der Waals surface area contributed by atoms with Crippen LogP contribution in [0.15, 0.2) is 53.4 Å². The molecule has 1 atom stereocenters. The number of fused-ring (bicyclic) bond motifs is 1. The van der Waals surface area contributed by atoms with Gasteiger partial charge < -0.3 is 15.0 Å². The average molecular weight is 392 g/mol. The lowest BCUT2D eigenvalue weighted by Gasteiger charge is -2.13. The monoisotopic (exact) mass is 392 g/mol. The predicted octanol–water partition coefficient (Wildman–Crippen LogP) is 4.83. The van der Waals surface area contributed by atoms with Crippen LogP contribution in [0.2, 0.25) is 0 Å². The summed E-state index contributed by atoms with van der Waals surface area (Å²) in [5, 5.41) is 4.92. The predicted molar refractivity (Wildman–Crippen MR) is 112 cm³/mol. The molecule has 7 heteroatoms. The zero-order chi connectivity index (χ0) is 19.5. The van der Waals surface area contributed by atoms with Crippen LogP contribution in [0, 0.1) is 0 Å². The number of nitrogens with one attached hydrogen (secondary N) is 2. The SMILES string of the molecule is COc1cccc(C(C)CC(=O)Nc2ccc3nc(-c4cscn4)[nH]c3c2)c1. The molecule has 142 valence electrons. The molecule has 28 heavy (non-hydrogen) atoms. The van der Waals surface area contributed by atoms with E-state index < -0.39 is 0 Å². The number of methoxy groups -OCH3 is 1. The Labute approximate surface area is 166 Å². The molecule has 1 unspecified atom stereocenters. The summed E-state index contributed by atoms with van der Waals surface area (Å²) in [6.07, 6.45) is 0.387. The van der Waals surface area contributed by atoms with Gasteiger partial charge in [0, 0.05) is 17.5 Å². The Hall–Kier alpha value is -3.19. The van der Waals surface area contributed by atoms with Crippen molar-refractivity contribution in [2.75, 3.05) is 12.4 Å². The quantitative estimate of drug-likeness (QED) is 0.493. The lowest BCUT2D eigenvalue weighted by molar-refractivity contribution is -0.116. The van der Waals surface area contributed by atoms with Gasteiger partial charge in [-0.3, -0.25) is 4.79 Å². The molecule has 2 heterocycles. The van der Waals surface area contributed by atoms with E-state index in [2.05, 4.69) is 20.3 Å². The van der Waals surface area contributed by atoms with Crippen LogP contribution in [0.1, 0.15) is 24.8 Å². The highest BCUT2D eigenvalue weighted by Gasteiger charge is 2.13. The molecule has 1 amide bonds. The van der Waals surface area contributed by atoms with E-state index in [0.29, 0.717) is 6.42 Å². The van der Waals surface area contributed by atoms with Crippen molar-refractivity contribution in [3.05, 3.63) is 58.9 Å². The summed E-state index contributed by atoms with van der Waals surface area (Å²) in [6, 6.07) is 13.5. The first-order valence-electron chi connectivity index (χ1n) is 8.94. The number of ether oxygens (including phenoxy) is 1. The molecule has 0 bridgehead atoms. The fraction of sp³-hybridized carbons (Fsp3) is 0.190. The standard InChI is InChI=1S/C21H20N4O2S/c1-13(14-4-3-5-16(9-14)27-2)8-20(26)23-15-6-7-17-18(10-15)25-21(24-17)19-11-28-12-22-19/h3-7,9-13H,8H2,1-2H3,(H,23,26)(H,24,25). The van der Waals surface area contributed by atoms with Crippen molar-refractivity contribution in [2.24, 2.45) is 0 Å². The van der Waals surface area contributed by atoms with Gasteiger partial charge in [-0.1, -0.05) is 19.1 Å². The Balaban J connectivity index is 1.45. The Bertz CT molecular complexity index is 1100. The molecular formula is C21H20N4O2S. The van der Waals surface area contributed by atoms with Crippen molar-refractivity contribution >= 4 is 34.0 Å². The van der Waals surface area contributed by atoms with Gasteiger partial charge in [0.2, 0.25) is 5.91 Å². The number of carbonyl (C=O) groups is 1. The van der Waals surface area contributed by atoms with Crippen molar-refractivity contribution in [1.29, 1.82) is 0 Å². The van der Waals surface area contributed by atoms with E-state index in [1.165, 1.54) is 11.3 Å². The van der Waals surface area contributed by atoms with Crippen molar-refractivity contribution < 1.29 is 9.53 Å². The number of rotatable bonds is 6. The maximum Gasteiger partial charge on any atom is 0.224 e. The molecular weight excluding hydrogens is 372 g/mol. The molecule has 2 N–H and O–H groups in total. The van der Waals surface area contributed by atoms with Gasteiger partial charge in [-0.2, -0.15) is 0 Å². The number of thiazole rings is 1. The lowest BCUT2D eigenvalue weighted by atomic mass is 9.97. The molecule has 0 aliphatic rings. The smallest absolute Gasteiger partial charge is 0.224 e. The van der Waals surface area contributed by atoms with E-state index in [4.69, 9.17) is 4.74 Å². The number of nitrogens with zero attached hydrogens (tertiary/aromatic N) is 2. The molecule has 0 fully saturated rings. The Morgan fingerprint density at radius 3 is 2.96 bits per heavy atom. The first-order chi connectivity index (χ1) is 13.6. The number of hydrogen-bond donors (Lipinski definition) is 2. The van der Waals surface area contributed by atoms with Crippen molar-refractivity contribution in [3.8, 4) is 17.3 Å². The maximum absolute atomic E-state index is 12.5.